The lowest BCUT2D eigenvalue weighted by molar-refractivity contribution is -0.137. The molecule has 0 aliphatic heterocycles. The number of nitrogens with one attached hydrogen (secondary N) is 1. The van der Waals surface area contributed by atoms with Crippen LogP contribution < -0.4 is 5.32 Å². The van der Waals surface area contributed by atoms with Crippen molar-refractivity contribution in [2.24, 2.45) is 0 Å². The van der Waals surface area contributed by atoms with E-state index in [1.807, 2.05) is 5.38 Å². The molecule has 160 valence electrons. The summed E-state index contributed by atoms with van der Waals surface area (Å²) < 4.78 is 44.4. The van der Waals surface area contributed by atoms with Gasteiger partial charge in [-0.2, -0.15) is 13.2 Å². The molecular formula is C21H22F3N3O2S. The molecule has 0 radical (unpaired) electrons. The second kappa shape index (κ2) is 9.01. The Morgan fingerprint density at radius 2 is 1.97 bits per heavy atom. The lowest BCUT2D eigenvalue weighted by Crippen LogP contribution is -2.22. The topological polar surface area (TPSA) is 58.4 Å². The van der Waals surface area contributed by atoms with Gasteiger partial charge in [-0.25, -0.2) is 4.98 Å². The fraction of sp³-hybridized carbons (Fsp3) is 0.333. The van der Waals surface area contributed by atoms with E-state index in [1.54, 1.807) is 6.92 Å². The maximum Gasteiger partial charge on any atom is 0.416 e. The van der Waals surface area contributed by atoms with Gasteiger partial charge in [-0.05, 0) is 38.2 Å². The van der Waals surface area contributed by atoms with Crippen molar-refractivity contribution in [3.05, 3.63) is 58.3 Å². The van der Waals surface area contributed by atoms with E-state index in [-0.39, 0.29) is 16.9 Å². The Balaban J connectivity index is 1.76. The first-order chi connectivity index (χ1) is 14.2. The number of hydrogen-bond acceptors (Lipinski definition) is 5. The van der Waals surface area contributed by atoms with Gasteiger partial charge in [0.1, 0.15) is 11.5 Å². The van der Waals surface area contributed by atoms with Gasteiger partial charge in [0.15, 0.2) is 5.13 Å². The van der Waals surface area contributed by atoms with E-state index in [1.165, 1.54) is 29.5 Å². The second-order valence-corrected chi connectivity index (χ2v) is 7.58. The minimum atomic E-state index is -4.45. The Kier molecular flexibility index (Phi) is 6.62. The van der Waals surface area contributed by atoms with E-state index in [4.69, 9.17) is 4.42 Å². The van der Waals surface area contributed by atoms with Crippen molar-refractivity contribution in [3.8, 4) is 11.3 Å². The summed E-state index contributed by atoms with van der Waals surface area (Å²) in [6, 6.07) is 6.26. The molecule has 0 aliphatic rings. The Morgan fingerprint density at radius 1 is 1.23 bits per heavy atom. The largest absolute Gasteiger partial charge is 0.461 e. The SMILES string of the molecule is CCN(CC)Cc1csc(NC(=O)c2cc(-c3cccc(C(F)(F)F)c3)oc2C)n1. The average molecular weight is 437 g/mol. The van der Waals surface area contributed by atoms with Crippen molar-refractivity contribution < 1.29 is 22.4 Å². The molecule has 2 heterocycles. The molecular weight excluding hydrogens is 415 g/mol. The van der Waals surface area contributed by atoms with Crippen molar-refractivity contribution in [2.45, 2.75) is 33.5 Å². The van der Waals surface area contributed by atoms with Crippen molar-refractivity contribution in [1.82, 2.24) is 9.88 Å². The van der Waals surface area contributed by atoms with Gasteiger partial charge < -0.3 is 4.42 Å². The highest BCUT2D eigenvalue weighted by atomic mass is 32.1. The number of thiazole rings is 1. The summed E-state index contributed by atoms with van der Waals surface area (Å²) in [4.78, 5) is 19.3. The van der Waals surface area contributed by atoms with Gasteiger partial charge >= 0.3 is 6.18 Å². The number of anilines is 1. The Hall–Kier alpha value is -2.65. The molecule has 3 aromatic rings. The van der Waals surface area contributed by atoms with Gasteiger partial charge in [0.25, 0.3) is 5.91 Å². The molecule has 1 N–H and O–H groups in total. The first-order valence-electron chi connectivity index (χ1n) is 9.47. The minimum Gasteiger partial charge on any atom is -0.461 e. The quantitative estimate of drug-likeness (QED) is 0.506. The maximum absolute atomic E-state index is 13.0. The summed E-state index contributed by atoms with van der Waals surface area (Å²) in [7, 11) is 0. The van der Waals surface area contributed by atoms with E-state index in [9.17, 15) is 18.0 Å². The lowest BCUT2D eigenvalue weighted by Gasteiger charge is -2.15. The number of carbonyl (C=O) groups excluding carboxylic acids is 1. The number of rotatable bonds is 7. The van der Waals surface area contributed by atoms with E-state index >= 15 is 0 Å². The fourth-order valence-corrected chi connectivity index (χ4v) is 3.67. The number of hydrogen-bond donors (Lipinski definition) is 1. The molecule has 30 heavy (non-hydrogen) atoms. The van der Waals surface area contributed by atoms with Crippen molar-refractivity contribution in [1.29, 1.82) is 0 Å². The number of halogens is 3. The highest BCUT2D eigenvalue weighted by molar-refractivity contribution is 7.14. The number of benzene rings is 1. The third kappa shape index (κ3) is 5.09. The number of nitrogens with zero attached hydrogens (tertiary/aromatic N) is 2. The zero-order valence-electron chi connectivity index (χ0n) is 16.8. The third-order valence-corrected chi connectivity index (χ3v) is 5.50. The van der Waals surface area contributed by atoms with Crippen molar-refractivity contribution >= 4 is 22.4 Å². The third-order valence-electron chi connectivity index (χ3n) is 4.69. The molecule has 1 aromatic carbocycles. The zero-order valence-corrected chi connectivity index (χ0v) is 17.7. The van der Waals surface area contributed by atoms with Crippen LogP contribution in [0.25, 0.3) is 11.3 Å². The minimum absolute atomic E-state index is 0.199. The van der Waals surface area contributed by atoms with E-state index < -0.39 is 17.6 Å². The van der Waals surface area contributed by atoms with E-state index in [2.05, 4.69) is 29.0 Å². The van der Waals surface area contributed by atoms with Crippen LogP contribution >= 0.6 is 11.3 Å². The molecule has 2 aromatic heterocycles. The standard InChI is InChI=1S/C21H22F3N3O2S/c1-4-27(5-2)11-16-12-30-20(25-16)26-19(28)17-10-18(29-13(17)3)14-7-6-8-15(9-14)21(22,23)24/h6-10,12H,4-5,11H2,1-3H3,(H,25,26,28). The van der Waals surface area contributed by atoms with Crippen LogP contribution in [0.15, 0.2) is 40.1 Å². The predicted molar refractivity (Wildman–Crippen MR) is 111 cm³/mol. The maximum atomic E-state index is 13.0. The van der Waals surface area contributed by atoms with Crippen LogP contribution in [-0.2, 0) is 12.7 Å². The molecule has 0 spiro atoms. The van der Waals surface area contributed by atoms with Crippen LogP contribution in [0.1, 0.15) is 41.2 Å². The number of alkyl halides is 3. The molecule has 0 saturated heterocycles. The smallest absolute Gasteiger partial charge is 0.416 e. The first kappa shape index (κ1) is 22.0. The summed E-state index contributed by atoms with van der Waals surface area (Å²) in [5, 5.41) is 5.09. The van der Waals surface area contributed by atoms with Crippen molar-refractivity contribution in [2.75, 3.05) is 18.4 Å². The van der Waals surface area contributed by atoms with Crippen LogP contribution in [0, 0.1) is 6.92 Å². The number of carbonyl (C=O) groups is 1. The monoisotopic (exact) mass is 437 g/mol. The molecule has 0 saturated carbocycles. The molecule has 0 atom stereocenters. The number of aromatic nitrogens is 1. The number of amides is 1. The highest BCUT2D eigenvalue weighted by Crippen LogP contribution is 2.33. The van der Waals surface area contributed by atoms with Gasteiger partial charge in [0.2, 0.25) is 0 Å². The summed E-state index contributed by atoms with van der Waals surface area (Å²) in [6.45, 7) is 8.25. The molecule has 0 aliphatic carbocycles. The normalized spacial score (nSPS) is 11.8. The Morgan fingerprint density at radius 3 is 2.63 bits per heavy atom. The van der Waals surface area contributed by atoms with Crippen LogP contribution in [0.2, 0.25) is 0 Å². The summed E-state index contributed by atoms with van der Waals surface area (Å²) in [6.07, 6.45) is -4.45. The zero-order chi connectivity index (χ0) is 21.9. The number of furan rings is 1. The molecule has 5 nitrogen and oxygen atoms in total. The van der Waals surface area contributed by atoms with Gasteiger partial charge in [-0.15, -0.1) is 11.3 Å². The molecule has 0 unspecified atom stereocenters. The highest BCUT2D eigenvalue weighted by Gasteiger charge is 2.30. The molecule has 9 heteroatoms. The molecule has 1 amide bonds. The van der Waals surface area contributed by atoms with Crippen LogP contribution in [-0.4, -0.2) is 28.9 Å². The summed E-state index contributed by atoms with van der Waals surface area (Å²) >= 11 is 1.32. The van der Waals surface area contributed by atoms with Gasteiger partial charge in [0.05, 0.1) is 16.8 Å². The Labute approximate surface area is 176 Å². The average Bonchev–Trinajstić information content (AvgIpc) is 3.31. The van der Waals surface area contributed by atoms with E-state index in [0.29, 0.717) is 17.4 Å². The molecule has 0 bridgehead atoms. The summed E-state index contributed by atoms with van der Waals surface area (Å²) in [5.74, 6) is 0.100. The lowest BCUT2D eigenvalue weighted by atomic mass is 10.1. The van der Waals surface area contributed by atoms with Gasteiger partial charge in [-0.3, -0.25) is 15.0 Å². The van der Waals surface area contributed by atoms with Crippen molar-refractivity contribution in [3.63, 3.8) is 0 Å². The van der Waals surface area contributed by atoms with Gasteiger partial charge in [0, 0.05) is 17.5 Å². The Bertz CT molecular complexity index is 1020. The summed E-state index contributed by atoms with van der Waals surface area (Å²) in [5.41, 5.74) is 0.599. The fourth-order valence-electron chi connectivity index (χ4n) is 2.98. The molecule has 3 rings (SSSR count). The van der Waals surface area contributed by atoms with E-state index in [0.717, 1.165) is 30.9 Å². The molecule has 0 fully saturated rings. The van der Waals surface area contributed by atoms with Gasteiger partial charge in [-0.1, -0.05) is 26.0 Å². The first-order valence-corrected chi connectivity index (χ1v) is 10.3. The second-order valence-electron chi connectivity index (χ2n) is 6.72. The van der Waals surface area contributed by atoms with Crippen LogP contribution in [0.3, 0.4) is 0 Å². The van der Waals surface area contributed by atoms with Crippen LogP contribution in [0.5, 0.6) is 0 Å². The number of aryl methyl sites for hydroxylation is 1. The van der Waals surface area contributed by atoms with Crippen LogP contribution in [0.4, 0.5) is 18.3 Å². The predicted octanol–water partition coefficient (Wildman–Crippen LogP) is 5.82.